The van der Waals surface area contributed by atoms with Crippen LogP contribution in [0.2, 0.25) is 0 Å². The number of aromatic nitrogens is 2. The van der Waals surface area contributed by atoms with E-state index in [1.165, 1.54) is 0 Å². The van der Waals surface area contributed by atoms with Gasteiger partial charge in [-0.1, -0.05) is 55.5 Å². The molecule has 0 aliphatic carbocycles. The van der Waals surface area contributed by atoms with E-state index in [0.29, 0.717) is 18.7 Å². The number of hydrogen-bond donors (Lipinski definition) is 1. The molecule has 0 aliphatic rings. The monoisotopic (exact) mass is 406 g/mol. The maximum Gasteiger partial charge on any atom is 0.254 e. The summed E-state index contributed by atoms with van der Waals surface area (Å²) >= 11 is 0. The van der Waals surface area contributed by atoms with Crippen LogP contribution in [0.5, 0.6) is 5.75 Å². The van der Waals surface area contributed by atoms with Gasteiger partial charge in [0, 0.05) is 12.1 Å². The molecule has 1 unspecified atom stereocenters. The number of carbonyl (C=O) groups excluding carboxylic acids is 1. The Hall–Kier alpha value is -3.12. The van der Waals surface area contributed by atoms with E-state index in [4.69, 9.17) is 4.74 Å². The highest BCUT2D eigenvalue weighted by molar-refractivity contribution is 5.95. The van der Waals surface area contributed by atoms with Crippen molar-refractivity contribution in [2.75, 3.05) is 27.7 Å². The molecule has 0 radical (unpaired) electrons. The predicted octanol–water partition coefficient (Wildman–Crippen LogP) is 3.54. The standard InChI is InChI=1S/C24H30N4O2/c1-5-21-20(15-26-28(21)17-18-11-7-6-8-12-18)24(29)25-16-22(27(2)3)19-13-9-10-14-23(19)30-4/h6-15,22H,5,16-17H2,1-4H3,(H,25,29). The van der Waals surface area contributed by atoms with Crippen LogP contribution in [0.15, 0.2) is 60.8 Å². The molecule has 6 nitrogen and oxygen atoms in total. The molecule has 1 aromatic heterocycles. The van der Waals surface area contributed by atoms with Crippen molar-refractivity contribution in [3.63, 3.8) is 0 Å². The van der Waals surface area contributed by atoms with Gasteiger partial charge in [-0.15, -0.1) is 0 Å². The van der Waals surface area contributed by atoms with E-state index >= 15 is 0 Å². The first-order valence-corrected chi connectivity index (χ1v) is 10.2. The van der Waals surface area contributed by atoms with E-state index in [1.807, 2.05) is 68.2 Å². The van der Waals surface area contributed by atoms with Crippen LogP contribution in [0.1, 0.15) is 40.1 Å². The third-order valence-electron chi connectivity index (χ3n) is 5.28. The fourth-order valence-corrected chi connectivity index (χ4v) is 3.66. The molecule has 0 saturated heterocycles. The highest BCUT2D eigenvalue weighted by Crippen LogP contribution is 2.27. The second-order valence-electron chi connectivity index (χ2n) is 7.43. The lowest BCUT2D eigenvalue weighted by Gasteiger charge is -2.26. The zero-order valence-corrected chi connectivity index (χ0v) is 18.1. The molecule has 30 heavy (non-hydrogen) atoms. The Morgan fingerprint density at radius 2 is 1.83 bits per heavy atom. The summed E-state index contributed by atoms with van der Waals surface area (Å²) in [5.74, 6) is 0.711. The van der Waals surface area contributed by atoms with Crippen molar-refractivity contribution in [2.24, 2.45) is 0 Å². The molecular weight excluding hydrogens is 376 g/mol. The third kappa shape index (κ3) is 4.89. The van der Waals surface area contributed by atoms with Gasteiger partial charge in [-0.25, -0.2) is 0 Å². The number of nitrogens with one attached hydrogen (secondary N) is 1. The van der Waals surface area contributed by atoms with Gasteiger partial charge < -0.3 is 15.0 Å². The summed E-state index contributed by atoms with van der Waals surface area (Å²) in [5, 5.41) is 7.57. The van der Waals surface area contributed by atoms with Gasteiger partial charge in [0.15, 0.2) is 0 Å². The first kappa shape index (κ1) is 21.6. The fourth-order valence-electron chi connectivity index (χ4n) is 3.66. The van der Waals surface area contributed by atoms with E-state index in [-0.39, 0.29) is 11.9 Å². The van der Waals surface area contributed by atoms with E-state index in [9.17, 15) is 4.79 Å². The van der Waals surface area contributed by atoms with Gasteiger partial charge in [0.1, 0.15) is 5.75 Å². The zero-order chi connectivity index (χ0) is 21.5. The largest absolute Gasteiger partial charge is 0.496 e. The van der Waals surface area contributed by atoms with Crippen molar-refractivity contribution in [1.82, 2.24) is 20.0 Å². The van der Waals surface area contributed by atoms with Crippen LogP contribution in [0.4, 0.5) is 0 Å². The van der Waals surface area contributed by atoms with Crippen LogP contribution in [0, 0.1) is 0 Å². The van der Waals surface area contributed by atoms with Crippen molar-refractivity contribution < 1.29 is 9.53 Å². The Bertz CT molecular complexity index is 966. The summed E-state index contributed by atoms with van der Waals surface area (Å²) < 4.78 is 7.42. The Morgan fingerprint density at radius 3 is 2.50 bits per heavy atom. The second-order valence-corrected chi connectivity index (χ2v) is 7.43. The summed E-state index contributed by atoms with van der Waals surface area (Å²) in [6, 6.07) is 18.0. The Morgan fingerprint density at radius 1 is 1.13 bits per heavy atom. The first-order chi connectivity index (χ1) is 14.5. The molecule has 0 saturated carbocycles. The number of amides is 1. The highest BCUT2D eigenvalue weighted by Gasteiger charge is 2.21. The summed E-state index contributed by atoms with van der Waals surface area (Å²) in [5.41, 5.74) is 3.77. The van der Waals surface area contributed by atoms with E-state index in [1.54, 1.807) is 13.3 Å². The van der Waals surface area contributed by atoms with Gasteiger partial charge in [0.2, 0.25) is 0 Å². The number of methoxy groups -OCH3 is 1. The Kier molecular flexibility index (Phi) is 7.25. The van der Waals surface area contributed by atoms with E-state index in [2.05, 4.69) is 27.4 Å². The molecule has 3 rings (SSSR count). The van der Waals surface area contributed by atoms with Crippen LogP contribution >= 0.6 is 0 Å². The lowest BCUT2D eigenvalue weighted by molar-refractivity contribution is 0.0940. The summed E-state index contributed by atoms with van der Waals surface area (Å²) in [7, 11) is 5.66. The Labute approximate surface area is 178 Å². The normalized spacial score (nSPS) is 12.0. The summed E-state index contributed by atoms with van der Waals surface area (Å²) in [4.78, 5) is 15.1. The number of hydrogen-bond acceptors (Lipinski definition) is 4. The molecule has 6 heteroatoms. The molecule has 158 valence electrons. The van der Waals surface area contributed by atoms with Crippen LogP contribution in [-0.2, 0) is 13.0 Å². The number of rotatable bonds is 9. The number of nitrogens with zero attached hydrogens (tertiary/aromatic N) is 3. The smallest absolute Gasteiger partial charge is 0.254 e. The molecule has 1 N–H and O–H groups in total. The first-order valence-electron chi connectivity index (χ1n) is 10.2. The zero-order valence-electron chi connectivity index (χ0n) is 18.1. The number of benzene rings is 2. The molecule has 3 aromatic rings. The minimum Gasteiger partial charge on any atom is -0.496 e. The SMILES string of the molecule is CCc1c(C(=O)NCC(c2ccccc2OC)N(C)C)cnn1Cc1ccccc1. The van der Waals surface area contributed by atoms with Crippen LogP contribution < -0.4 is 10.1 Å². The number of ether oxygens (including phenoxy) is 1. The van der Waals surface area contributed by atoms with Gasteiger partial charge in [-0.3, -0.25) is 9.48 Å². The van der Waals surface area contributed by atoms with Gasteiger partial charge in [0.05, 0.1) is 37.2 Å². The minimum atomic E-state index is -0.104. The van der Waals surface area contributed by atoms with Crippen molar-refractivity contribution in [3.8, 4) is 5.75 Å². The minimum absolute atomic E-state index is 0.00506. The average Bonchev–Trinajstić information content (AvgIpc) is 3.17. The van der Waals surface area contributed by atoms with E-state index < -0.39 is 0 Å². The predicted molar refractivity (Wildman–Crippen MR) is 119 cm³/mol. The average molecular weight is 407 g/mol. The van der Waals surface area contributed by atoms with Crippen LogP contribution in [-0.4, -0.2) is 48.3 Å². The van der Waals surface area contributed by atoms with E-state index in [0.717, 1.165) is 29.0 Å². The van der Waals surface area contributed by atoms with Crippen molar-refractivity contribution in [1.29, 1.82) is 0 Å². The lowest BCUT2D eigenvalue weighted by atomic mass is 10.0. The van der Waals surface area contributed by atoms with Gasteiger partial charge in [-0.05, 0) is 32.1 Å². The third-order valence-corrected chi connectivity index (χ3v) is 5.28. The molecule has 0 bridgehead atoms. The topological polar surface area (TPSA) is 59.4 Å². The van der Waals surface area contributed by atoms with Gasteiger partial charge in [0.25, 0.3) is 5.91 Å². The fraction of sp³-hybridized carbons (Fsp3) is 0.333. The van der Waals surface area contributed by atoms with Crippen LogP contribution in [0.3, 0.4) is 0 Å². The Balaban J connectivity index is 1.75. The second kappa shape index (κ2) is 10.1. The van der Waals surface area contributed by atoms with Gasteiger partial charge in [-0.2, -0.15) is 5.10 Å². The number of para-hydroxylation sites is 1. The maximum atomic E-state index is 13.0. The van der Waals surface area contributed by atoms with Gasteiger partial charge >= 0.3 is 0 Å². The molecule has 2 aromatic carbocycles. The molecule has 1 heterocycles. The lowest BCUT2D eigenvalue weighted by Crippen LogP contribution is -2.35. The number of likely N-dealkylation sites (N-methyl/N-ethyl adjacent to an activating group) is 1. The molecule has 0 fully saturated rings. The summed E-state index contributed by atoms with van der Waals surface area (Å²) in [6.45, 7) is 3.17. The molecular formula is C24H30N4O2. The number of carbonyl (C=O) groups is 1. The van der Waals surface area contributed by atoms with Crippen molar-refractivity contribution in [2.45, 2.75) is 25.9 Å². The summed E-state index contributed by atoms with van der Waals surface area (Å²) in [6.07, 6.45) is 2.41. The molecule has 1 atom stereocenters. The van der Waals surface area contributed by atoms with Crippen molar-refractivity contribution in [3.05, 3.63) is 83.2 Å². The molecule has 0 aliphatic heterocycles. The molecule has 1 amide bonds. The maximum absolute atomic E-state index is 13.0. The van der Waals surface area contributed by atoms with Crippen molar-refractivity contribution >= 4 is 5.91 Å². The quantitative estimate of drug-likeness (QED) is 0.591. The van der Waals surface area contributed by atoms with Crippen LogP contribution in [0.25, 0.3) is 0 Å². The highest BCUT2D eigenvalue weighted by atomic mass is 16.5. The molecule has 0 spiro atoms.